The maximum Gasteiger partial charge on any atom is 0.258 e. The molecule has 9 nitrogen and oxygen atoms in total. The Bertz CT molecular complexity index is 1220. The number of aliphatic hydroxyl groups is 2. The first-order valence-corrected chi connectivity index (χ1v) is 13.5. The molecular weight excluding hydrogens is 511 g/mol. The van der Waals surface area contributed by atoms with Crippen molar-refractivity contribution < 1.29 is 29.0 Å². The van der Waals surface area contributed by atoms with Gasteiger partial charge in [-0.3, -0.25) is 14.4 Å². The molecule has 1 unspecified atom stereocenters. The number of hydrogen-bond donors (Lipinski definition) is 4. The van der Waals surface area contributed by atoms with Crippen LogP contribution in [0.1, 0.15) is 58.2 Å². The molecule has 1 saturated heterocycles. The number of likely N-dealkylation sites (tertiary alicyclic amines) is 1. The van der Waals surface area contributed by atoms with Gasteiger partial charge in [0.05, 0.1) is 22.2 Å². The lowest BCUT2D eigenvalue weighted by atomic mass is 9.85. The van der Waals surface area contributed by atoms with Gasteiger partial charge in [0.25, 0.3) is 5.91 Å². The topological polar surface area (TPSA) is 132 Å². The molecule has 4 rings (SSSR count). The standard InChI is InChI=1S/C27H35FN4O5S/c1-15-20(38-14-29-15)16-6-8-17(9-7-16)26(5,37)31-22(34)19-12-18(33)13-32(19)23(35)21(25(2,3)4)30-24(36)27(28)10-11-27/h6-9,14,18-19,21,33,37H,10-13H2,1-5H3,(H,30,36)(H,31,34)/t18-,19?,21-,26+/m1/s1. The van der Waals surface area contributed by atoms with Gasteiger partial charge in [-0.2, -0.15) is 0 Å². The number of aromatic nitrogens is 1. The molecule has 1 aromatic heterocycles. The highest BCUT2D eigenvalue weighted by Crippen LogP contribution is 2.40. The molecule has 1 aromatic carbocycles. The van der Waals surface area contributed by atoms with Gasteiger partial charge in [0.15, 0.2) is 11.4 Å². The number of amides is 3. The zero-order chi connectivity index (χ0) is 28.0. The summed E-state index contributed by atoms with van der Waals surface area (Å²) in [6, 6.07) is 4.89. The van der Waals surface area contributed by atoms with Crippen LogP contribution in [0.15, 0.2) is 29.8 Å². The first-order chi connectivity index (χ1) is 17.6. The maximum absolute atomic E-state index is 14.3. The smallest absolute Gasteiger partial charge is 0.258 e. The van der Waals surface area contributed by atoms with Crippen molar-refractivity contribution in [3.63, 3.8) is 0 Å². The average molecular weight is 547 g/mol. The summed E-state index contributed by atoms with van der Waals surface area (Å²) in [5.74, 6) is -2.08. The fourth-order valence-corrected chi connectivity index (χ4v) is 5.45. The van der Waals surface area contributed by atoms with Crippen LogP contribution in [0, 0.1) is 12.3 Å². The summed E-state index contributed by atoms with van der Waals surface area (Å²) in [5, 5.41) is 26.6. The van der Waals surface area contributed by atoms with Gasteiger partial charge in [0.1, 0.15) is 12.1 Å². The number of alkyl halides is 1. The Morgan fingerprint density at radius 1 is 1.18 bits per heavy atom. The fraction of sp³-hybridized carbons (Fsp3) is 0.556. The van der Waals surface area contributed by atoms with E-state index in [9.17, 15) is 29.0 Å². The number of aryl methyl sites for hydroxylation is 1. The van der Waals surface area contributed by atoms with Gasteiger partial charge in [-0.05, 0) is 37.7 Å². The van der Waals surface area contributed by atoms with Gasteiger partial charge in [-0.1, -0.05) is 45.0 Å². The highest BCUT2D eigenvalue weighted by atomic mass is 32.1. The first kappa shape index (κ1) is 28.1. The Hall–Kier alpha value is -2.89. The number of β-amino-alcohol motifs (C(OH)–C–C–N with tert-alkyl or cyclic N) is 1. The fourth-order valence-electron chi connectivity index (χ4n) is 4.64. The molecule has 3 amide bonds. The Morgan fingerprint density at radius 3 is 2.34 bits per heavy atom. The Morgan fingerprint density at radius 2 is 1.82 bits per heavy atom. The number of halogens is 1. The lowest BCUT2D eigenvalue weighted by Gasteiger charge is -2.36. The summed E-state index contributed by atoms with van der Waals surface area (Å²) in [7, 11) is 0. The van der Waals surface area contributed by atoms with E-state index in [1.54, 1.807) is 38.4 Å². The Balaban J connectivity index is 1.50. The third kappa shape index (κ3) is 5.74. The molecule has 206 valence electrons. The van der Waals surface area contributed by atoms with E-state index in [1.807, 2.05) is 19.1 Å². The minimum absolute atomic E-state index is 0.0326. The van der Waals surface area contributed by atoms with E-state index in [-0.39, 0.29) is 25.8 Å². The summed E-state index contributed by atoms with van der Waals surface area (Å²) in [5.41, 5.74) is -0.473. The molecule has 4 N–H and O–H groups in total. The van der Waals surface area contributed by atoms with Crippen molar-refractivity contribution in [3.8, 4) is 10.4 Å². The highest BCUT2D eigenvalue weighted by molar-refractivity contribution is 7.13. The first-order valence-electron chi connectivity index (χ1n) is 12.7. The van der Waals surface area contributed by atoms with Crippen LogP contribution in [0.25, 0.3) is 10.4 Å². The van der Waals surface area contributed by atoms with Crippen LogP contribution in [0.4, 0.5) is 4.39 Å². The Labute approximate surface area is 225 Å². The lowest BCUT2D eigenvalue weighted by molar-refractivity contribution is -0.146. The number of thiazole rings is 1. The van der Waals surface area contributed by atoms with Crippen LogP contribution in [-0.4, -0.2) is 68.2 Å². The number of benzene rings is 1. The van der Waals surface area contributed by atoms with Crippen LogP contribution < -0.4 is 10.6 Å². The van der Waals surface area contributed by atoms with Gasteiger partial charge in [0, 0.05) is 18.5 Å². The second-order valence-corrected chi connectivity index (χ2v) is 12.4. The molecule has 1 aliphatic heterocycles. The maximum atomic E-state index is 14.3. The van der Waals surface area contributed by atoms with Crippen LogP contribution in [-0.2, 0) is 20.1 Å². The predicted molar refractivity (Wildman–Crippen MR) is 141 cm³/mol. The number of nitrogens with zero attached hydrogens (tertiary/aromatic N) is 2. The number of aliphatic hydroxyl groups excluding tert-OH is 1. The minimum atomic E-state index is -1.96. The summed E-state index contributed by atoms with van der Waals surface area (Å²) < 4.78 is 14.3. The molecule has 1 saturated carbocycles. The quantitative estimate of drug-likeness (QED) is 0.395. The van der Waals surface area contributed by atoms with E-state index < -0.39 is 52.7 Å². The van der Waals surface area contributed by atoms with Crippen molar-refractivity contribution in [2.45, 2.75) is 83.5 Å². The van der Waals surface area contributed by atoms with Crippen LogP contribution >= 0.6 is 11.3 Å². The van der Waals surface area contributed by atoms with Gasteiger partial charge in [-0.25, -0.2) is 9.37 Å². The Kier molecular flexibility index (Phi) is 7.41. The van der Waals surface area contributed by atoms with Crippen molar-refractivity contribution in [1.82, 2.24) is 20.5 Å². The van der Waals surface area contributed by atoms with E-state index in [2.05, 4.69) is 15.6 Å². The van der Waals surface area contributed by atoms with Gasteiger partial charge in [-0.15, -0.1) is 11.3 Å². The van der Waals surface area contributed by atoms with Crippen molar-refractivity contribution in [2.75, 3.05) is 6.54 Å². The molecule has 11 heteroatoms. The highest BCUT2D eigenvalue weighted by Gasteiger charge is 2.53. The predicted octanol–water partition coefficient (Wildman–Crippen LogP) is 2.39. The molecule has 0 spiro atoms. The van der Waals surface area contributed by atoms with Crippen molar-refractivity contribution >= 4 is 29.1 Å². The molecule has 2 aliphatic rings. The molecule has 2 fully saturated rings. The van der Waals surface area contributed by atoms with Crippen molar-refractivity contribution in [1.29, 1.82) is 0 Å². The van der Waals surface area contributed by atoms with Gasteiger partial charge >= 0.3 is 0 Å². The summed E-state index contributed by atoms with van der Waals surface area (Å²) >= 11 is 1.51. The number of carbonyl (C=O) groups excluding carboxylic acids is 3. The number of nitrogens with one attached hydrogen (secondary N) is 2. The van der Waals surface area contributed by atoms with Gasteiger partial charge < -0.3 is 25.7 Å². The molecule has 4 atom stereocenters. The third-order valence-corrected chi connectivity index (χ3v) is 8.15. The SMILES string of the molecule is Cc1ncsc1-c1ccc([C@](C)(O)NC(=O)C2C[C@@H](O)CN2C(=O)[C@@H](NC(=O)C2(F)CC2)C(C)(C)C)cc1. The molecular formula is C27H35FN4O5S. The second kappa shape index (κ2) is 10.0. The monoisotopic (exact) mass is 546 g/mol. The van der Waals surface area contributed by atoms with Crippen molar-refractivity contribution in [3.05, 3.63) is 41.0 Å². The minimum Gasteiger partial charge on any atom is -0.391 e. The van der Waals surface area contributed by atoms with E-state index in [4.69, 9.17) is 0 Å². The summed E-state index contributed by atoms with van der Waals surface area (Å²) in [6.07, 6.45) is -0.780. The van der Waals surface area contributed by atoms with Gasteiger partial charge in [0.2, 0.25) is 11.8 Å². The molecule has 2 aromatic rings. The second-order valence-electron chi connectivity index (χ2n) is 11.5. The normalized spacial score (nSPS) is 22.9. The molecule has 1 aliphatic carbocycles. The molecule has 38 heavy (non-hydrogen) atoms. The number of rotatable bonds is 7. The number of hydrogen-bond acceptors (Lipinski definition) is 7. The third-order valence-electron chi connectivity index (χ3n) is 7.17. The van der Waals surface area contributed by atoms with E-state index in [0.717, 1.165) is 16.1 Å². The largest absolute Gasteiger partial charge is 0.391 e. The van der Waals surface area contributed by atoms with Crippen LogP contribution in [0.2, 0.25) is 0 Å². The van der Waals surface area contributed by atoms with E-state index in [0.29, 0.717) is 5.56 Å². The lowest BCUT2D eigenvalue weighted by Crippen LogP contribution is -2.60. The summed E-state index contributed by atoms with van der Waals surface area (Å²) in [4.78, 5) is 45.8. The number of carbonyl (C=O) groups is 3. The molecule has 2 heterocycles. The van der Waals surface area contributed by atoms with E-state index in [1.165, 1.54) is 23.2 Å². The summed E-state index contributed by atoms with van der Waals surface area (Å²) in [6.45, 7) is 8.43. The average Bonchev–Trinajstić information content (AvgIpc) is 3.24. The zero-order valence-electron chi connectivity index (χ0n) is 22.2. The van der Waals surface area contributed by atoms with Crippen LogP contribution in [0.3, 0.4) is 0 Å². The van der Waals surface area contributed by atoms with Crippen LogP contribution in [0.5, 0.6) is 0 Å². The van der Waals surface area contributed by atoms with Crippen molar-refractivity contribution in [2.24, 2.45) is 5.41 Å². The molecule has 0 radical (unpaired) electrons. The zero-order valence-corrected chi connectivity index (χ0v) is 23.1. The molecule has 0 bridgehead atoms. The van der Waals surface area contributed by atoms with E-state index >= 15 is 0 Å².